The molecule has 0 aliphatic carbocycles. The van der Waals surface area contributed by atoms with Crippen LogP contribution < -0.4 is 5.32 Å². The molecule has 0 bridgehead atoms. The van der Waals surface area contributed by atoms with E-state index < -0.39 is 5.97 Å². The van der Waals surface area contributed by atoms with Crippen LogP contribution in [0.2, 0.25) is 0 Å². The Morgan fingerprint density at radius 3 is 2.62 bits per heavy atom. The normalized spacial score (nSPS) is 10.9. The minimum Gasteiger partial charge on any atom is -0.464 e. The summed E-state index contributed by atoms with van der Waals surface area (Å²) in [6, 6.07) is 5.92. The highest BCUT2D eigenvalue weighted by Crippen LogP contribution is 2.34. The molecule has 29 heavy (non-hydrogen) atoms. The molecule has 1 N–H and O–H groups in total. The third kappa shape index (κ3) is 4.24. The van der Waals surface area contributed by atoms with Gasteiger partial charge in [-0.1, -0.05) is 13.0 Å². The van der Waals surface area contributed by atoms with Crippen molar-refractivity contribution in [2.45, 2.75) is 40.5 Å². The molecule has 0 atom stereocenters. The summed E-state index contributed by atoms with van der Waals surface area (Å²) in [5, 5.41) is 4.01. The van der Waals surface area contributed by atoms with Crippen molar-refractivity contribution >= 4 is 45.0 Å². The van der Waals surface area contributed by atoms with Gasteiger partial charge in [0.05, 0.1) is 29.7 Å². The van der Waals surface area contributed by atoms with Gasteiger partial charge in [-0.2, -0.15) is 0 Å². The number of carbonyl (C=O) groups excluding carboxylic acids is 3. The monoisotopic (exact) mass is 413 g/mol. The van der Waals surface area contributed by atoms with Crippen molar-refractivity contribution in [2.75, 3.05) is 11.9 Å². The third-order valence-electron chi connectivity index (χ3n) is 4.68. The molecule has 0 saturated heterocycles. The maximum atomic E-state index is 12.7. The fourth-order valence-corrected chi connectivity index (χ4v) is 4.32. The van der Waals surface area contributed by atoms with Gasteiger partial charge in [-0.3, -0.25) is 9.59 Å². The van der Waals surface area contributed by atoms with Crippen LogP contribution in [0.5, 0.6) is 0 Å². The minimum atomic E-state index is -0.551. The molecule has 1 amide bonds. The van der Waals surface area contributed by atoms with Gasteiger partial charge < -0.3 is 14.5 Å². The van der Waals surface area contributed by atoms with Crippen LogP contribution >= 0.6 is 11.3 Å². The van der Waals surface area contributed by atoms with E-state index in [0.717, 1.165) is 39.9 Å². The summed E-state index contributed by atoms with van der Waals surface area (Å²) in [6.45, 7) is 7.10. The van der Waals surface area contributed by atoms with Gasteiger partial charge in [-0.25, -0.2) is 4.79 Å². The number of carbonyl (C=O) groups is 3. The summed E-state index contributed by atoms with van der Waals surface area (Å²) in [5.41, 5.74) is 3.41. The number of fused-ring (bicyclic) bond motifs is 1. The number of ketones is 1. The van der Waals surface area contributed by atoms with Crippen LogP contribution in [0, 0.1) is 6.92 Å². The maximum Gasteiger partial charge on any atom is 0.341 e. The van der Waals surface area contributed by atoms with E-state index >= 15 is 0 Å². The number of hydrogen-bond donors (Lipinski definition) is 1. The number of anilines is 1. The molecular formula is C22H23NO5S. The number of ether oxygens (including phenoxy) is 1. The van der Waals surface area contributed by atoms with E-state index in [0.29, 0.717) is 15.4 Å². The van der Waals surface area contributed by atoms with E-state index in [2.05, 4.69) is 12.2 Å². The summed E-state index contributed by atoms with van der Waals surface area (Å²) in [4.78, 5) is 37.4. The molecule has 2 heterocycles. The first-order valence-corrected chi connectivity index (χ1v) is 10.3. The van der Waals surface area contributed by atoms with Crippen molar-refractivity contribution in [3.63, 3.8) is 0 Å². The largest absolute Gasteiger partial charge is 0.464 e. The Kier molecular flexibility index (Phi) is 6.17. The second-order valence-corrected chi connectivity index (χ2v) is 7.73. The van der Waals surface area contributed by atoms with Gasteiger partial charge in [-0.05, 0) is 50.5 Å². The van der Waals surface area contributed by atoms with E-state index in [1.807, 2.05) is 18.2 Å². The standard InChI is InChI=1S/C22H23NO5S/c1-5-14-7-8-17-16(9-14)15(11-28-17)10-18(25)23-21-19(22(26)27-6-2)12(3)20(29-21)13(4)24/h7-9,11H,5-6,10H2,1-4H3,(H,23,25). The molecule has 3 aromatic rings. The van der Waals surface area contributed by atoms with Crippen LogP contribution in [0.3, 0.4) is 0 Å². The number of amides is 1. The molecule has 2 aromatic heterocycles. The van der Waals surface area contributed by atoms with Gasteiger partial charge in [0.25, 0.3) is 0 Å². The molecule has 152 valence electrons. The molecule has 7 heteroatoms. The average Bonchev–Trinajstić information content (AvgIpc) is 3.22. The van der Waals surface area contributed by atoms with Crippen LogP contribution in [0.4, 0.5) is 5.00 Å². The lowest BCUT2D eigenvalue weighted by molar-refractivity contribution is -0.115. The van der Waals surface area contributed by atoms with Gasteiger partial charge in [0.1, 0.15) is 10.6 Å². The molecule has 0 radical (unpaired) electrons. The van der Waals surface area contributed by atoms with Gasteiger partial charge in [0.15, 0.2) is 5.78 Å². The topological polar surface area (TPSA) is 85.6 Å². The van der Waals surface area contributed by atoms with Crippen LogP contribution in [-0.2, 0) is 22.4 Å². The highest BCUT2D eigenvalue weighted by molar-refractivity contribution is 7.18. The number of esters is 1. The highest BCUT2D eigenvalue weighted by Gasteiger charge is 2.25. The van der Waals surface area contributed by atoms with Crippen LogP contribution in [-0.4, -0.2) is 24.3 Å². The molecule has 6 nitrogen and oxygen atoms in total. The van der Waals surface area contributed by atoms with Crippen molar-refractivity contribution in [2.24, 2.45) is 0 Å². The van der Waals surface area contributed by atoms with E-state index in [1.54, 1.807) is 20.1 Å². The minimum absolute atomic E-state index is 0.0920. The van der Waals surface area contributed by atoms with E-state index in [9.17, 15) is 14.4 Å². The van der Waals surface area contributed by atoms with E-state index in [-0.39, 0.29) is 30.3 Å². The lowest BCUT2D eigenvalue weighted by Crippen LogP contribution is -2.16. The van der Waals surface area contributed by atoms with Crippen molar-refractivity contribution in [3.05, 3.63) is 51.6 Å². The summed E-state index contributed by atoms with van der Waals surface area (Å²) in [5.74, 6) is -1.01. The predicted molar refractivity (Wildman–Crippen MR) is 113 cm³/mol. The maximum absolute atomic E-state index is 12.7. The quantitative estimate of drug-likeness (QED) is 0.439. The number of nitrogens with one attached hydrogen (secondary N) is 1. The zero-order valence-corrected chi connectivity index (χ0v) is 17.7. The van der Waals surface area contributed by atoms with Crippen LogP contribution in [0.15, 0.2) is 28.9 Å². The third-order valence-corrected chi connectivity index (χ3v) is 5.98. The molecule has 0 aliphatic heterocycles. The number of thiophene rings is 1. The summed E-state index contributed by atoms with van der Waals surface area (Å²) >= 11 is 1.09. The Morgan fingerprint density at radius 2 is 1.97 bits per heavy atom. The molecule has 1 aromatic carbocycles. The SMILES string of the molecule is CCOC(=O)c1c(NC(=O)Cc2coc3ccc(CC)cc23)sc(C(C)=O)c1C. The van der Waals surface area contributed by atoms with Crippen molar-refractivity contribution < 1.29 is 23.5 Å². The Balaban J connectivity index is 1.88. The van der Waals surface area contributed by atoms with Crippen molar-refractivity contribution in [1.82, 2.24) is 0 Å². The molecular weight excluding hydrogens is 390 g/mol. The lowest BCUT2D eigenvalue weighted by atomic mass is 10.1. The summed E-state index contributed by atoms with van der Waals surface area (Å²) in [7, 11) is 0. The first-order valence-electron chi connectivity index (χ1n) is 9.45. The first kappa shape index (κ1) is 20.8. The molecule has 0 aliphatic rings. The predicted octanol–water partition coefficient (Wildman–Crippen LogP) is 4.93. The zero-order valence-electron chi connectivity index (χ0n) is 16.9. The molecule has 3 rings (SSSR count). The molecule has 0 saturated carbocycles. The van der Waals surface area contributed by atoms with Gasteiger partial charge in [-0.15, -0.1) is 11.3 Å². The average molecular weight is 413 g/mol. The highest BCUT2D eigenvalue weighted by atomic mass is 32.1. The van der Waals surface area contributed by atoms with Gasteiger partial charge in [0, 0.05) is 10.9 Å². The fourth-order valence-electron chi connectivity index (χ4n) is 3.22. The lowest BCUT2D eigenvalue weighted by Gasteiger charge is -2.07. The summed E-state index contributed by atoms with van der Waals surface area (Å²) in [6.07, 6.45) is 2.56. The van der Waals surface area contributed by atoms with Gasteiger partial charge >= 0.3 is 5.97 Å². The Morgan fingerprint density at radius 1 is 1.21 bits per heavy atom. The molecule has 0 spiro atoms. The second-order valence-electron chi connectivity index (χ2n) is 6.71. The Bertz CT molecular complexity index is 1090. The van der Waals surface area contributed by atoms with E-state index in [1.165, 1.54) is 6.92 Å². The number of Topliss-reactive ketones (excluding diaryl/α,β-unsaturated/α-hetero) is 1. The van der Waals surface area contributed by atoms with E-state index in [4.69, 9.17) is 9.15 Å². The second kappa shape index (κ2) is 8.61. The number of benzene rings is 1. The number of aryl methyl sites for hydroxylation is 1. The van der Waals surface area contributed by atoms with Crippen LogP contribution in [0.1, 0.15) is 57.5 Å². The van der Waals surface area contributed by atoms with Gasteiger partial charge in [0.2, 0.25) is 5.91 Å². The number of furan rings is 1. The smallest absolute Gasteiger partial charge is 0.341 e. The zero-order chi connectivity index (χ0) is 21.1. The summed E-state index contributed by atoms with van der Waals surface area (Å²) < 4.78 is 10.7. The molecule has 0 fully saturated rings. The van der Waals surface area contributed by atoms with Crippen molar-refractivity contribution in [1.29, 1.82) is 0 Å². The van der Waals surface area contributed by atoms with Crippen molar-refractivity contribution in [3.8, 4) is 0 Å². The Hall–Kier alpha value is -2.93. The number of hydrogen-bond acceptors (Lipinski definition) is 6. The number of rotatable bonds is 7. The first-order chi connectivity index (χ1) is 13.8. The van der Waals surface area contributed by atoms with Crippen LogP contribution in [0.25, 0.3) is 11.0 Å². The fraction of sp³-hybridized carbons (Fsp3) is 0.318. The molecule has 0 unspecified atom stereocenters. The Labute approximate surface area is 172 Å².